The molecule has 1 fully saturated rings. The van der Waals surface area contributed by atoms with E-state index in [-0.39, 0.29) is 5.91 Å². The summed E-state index contributed by atoms with van der Waals surface area (Å²) in [6.45, 7) is 0.770. The van der Waals surface area contributed by atoms with Crippen LogP contribution in [0.15, 0.2) is 12.5 Å². The van der Waals surface area contributed by atoms with Gasteiger partial charge in [0.15, 0.2) is 0 Å². The lowest BCUT2D eigenvalue weighted by Gasteiger charge is -2.10. The summed E-state index contributed by atoms with van der Waals surface area (Å²) in [5.41, 5.74) is 0.619. The average molecular weight is 286 g/mol. The molecule has 1 saturated carbocycles. The van der Waals surface area contributed by atoms with E-state index >= 15 is 0 Å². The molecule has 16 heavy (non-hydrogen) atoms. The fraction of sp³-hybridized carbons (Fsp3) is 0.636. The number of hydrogen-bond acceptors (Lipinski definition) is 2. The largest absolute Gasteiger partial charge is 0.350 e. The van der Waals surface area contributed by atoms with Crippen molar-refractivity contribution < 1.29 is 4.79 Å². The van der Waals surface area contributed by atoms with Crippen molar-refractivity contribution in [3.8, 4) is 0 Å². The molecule has 1 aliphatic rings. The molecular weight excluding hydrogens is 270 g/mol. The van der Waals surface area contributed by atoms with Crippen LogP contribution in [0.3, 0.4) is 0 Å². The summed E-state index contributed by atoms with van der Waals surface area (Å²) in [5.74, 6) is 0.583. The van der Waals surface area contributed by atoms with Gasteiger partial charge in [-0.2, -0.15) is 0 Å². The highest BCUT2D eigenvalue weighted by atomic mass is 79.9. The number of carbonyl (C=O) groups is 1. The van der Waals surface area contributed by atoms with Gasteiger partial charge >= 0.3 is 0 Å². The van der Waals surface area contributed by atoms with E-state index in [1.165, 1.54) is 12.8 Å². The third-order valence-corrected chi connectivity index (χ3v) is 3.91. The van der Waals surface area contributed by atoms with Crippen molar-refractivity contribution >= 4 is 21.8 Å². The third-order valence-electron chi connectivity index (χ3n) is 3.08. The number of aromatic nitrogens is 2. The Bertz CT molecular complexity index is 377. The van der Waals surface area contributed by atoms with Crippen LogP contribution in [0.1, 0.15) is 29.8 Å². The van der Waals surface area contributed by atoms with Crippen LogP contribution in [0.4, 0.5) is 0 Å². The Labute approximate surface area is 104 Å². The Balaban J connectivity index is 1.82. The zero-order valence-electron chi connectivity index (χ0n) is 9.32. The standard InChI is InChI=1S/C11H16BrN3O/c1-15-7-13-6-10(15)11(16)14-5-8-2-3-9(12)4-8/h6-9H,2-5H2,1H3,(H,14,16). The lowest BCUT2D eigenvalue weighted by atomic mass is 10.1. The maximum atomic E-state index is 11.8. The fourth-order valence-corrected chi connectivity index (χ4v) is 2.90. The molecule has 1 heterocycles. The first-order chi connectivity index (χ1) is 7.66. The number of amides is 1. The van der Waals surface area contributed by atoms with E-state index in [9.17, 15) is 4.79 Å². The van der Waals surface area contributed by atoms with Gasteiger partial charge in [0.2, 0.25) is 0 Å². The van der Waals surface area contributed by atoms with Gasteiger partial charge in [-0.15, -0.1) is 0 Å². The molecule has 0 bridgehead atoms. The number of hydrogen-bond donors (Lipinski definition) is 1. The molecule has 2 atom stereocenters. The first kappa shape index (κ1) is 11.6. The van der Waals surface area contributed by atoms with Crippen molar-refractivity contribution in [2.75, 3.05) is 6.54 Å². The molecule has 1 aromatic rings. The minimum absolute atomic E-state index is 0.0296. The predicted octanol–water partition coefficient (Wildman–Crippen LogP) is 1.71. The van der Waals surface area contributed by atoms with Crippen LogP contribution in [0.2, 0.25) is 0 Å². The number of nitrogens with zero attached hydrogens (tertiary/aromatic N) is 2. The summed E-state index contributed by atoms with van der Waals surface area (Å²) in [6.07, 6.45) is 6.80. The van der Waals surface area contributed by atoms with Crippen LogP contribution < -0.4 is 5.32 Å². The Morgan fingerprint density at radius 1 is 1.69 bits per heavy atom. The number of rotatable bonds is 3. The lowest BCUT2D eigenvalue weighted by molar-refractivity contribution is 0.0939. The van der Waals surface area contributed by atoms with Crippen molar-refractivity contribution in [2.45, 2.75) is 24.1 Å². The van der Waals surface area contributed by atoms with Crippen LogP contribution in [0.5, 0.6) is 0 Å². The molecule has 4 nitrogen and oxygen atoms in total. The molecule has 1 aliphatic carbocycles. The molecule has 88 valence electrons. The predicted molar refractivity (Wildman–Crippen MR) is 65.6 cm³/mol. The Morgan fingerprint density at radius 3 is 3.06 bits per heavy atom. The van der Waals surface area contributed by atoms with Crippen molar-refractivity contribution in [1.29, 1.82) is 0 Å². The van der Waals surface area contributed by atoms with E-state index < -0.39 is 0 Å². The number of nitrogens with one attached hydrogen (secondary N) is 1. The summed E-state index contributed by atoms with van der Waals surface area (Å²) in [4.78, 5) is 16.3. The van der Waals surface area contributed by atoms with Gasteiger partial charge in [-0.1, -0.05) is 15.9 Å². The zero-order chi connectivity index (χ0) is 11.5. The Hall–Kier alpha value is -0.840. The highest BCUT2D eigenvalue weighted by molar-refractivity contribution is 9.09. The molecule has 2 unspecified atom stereocenters. The van der Waals surface area contributed by atoms with Gasteiger partial charge in [-0.3, -0.25) is 4.79 Å². The van der Waals surface area contributed by atoms with E-state index in [0.29, 0.717) is 16.4 Å². The molecule has 0 radical (unpaired) electrons. The summed E-state index contributed by atoms with van der Waals surface area (Å²) in [7, 11) is 1.83. The van der Waals surface area contributed by atoms with Crippen molar-refractivity contribution in [1.82, 2.24) is 14.9 Å². The molecule has 1 amide bonds. The van der Waals surface area contributed by atoms with Gasteiger partial charge in [0, 0.05) is 18.4 Å². The summed E-state index contributed by atoms with van der Waals surface area (Å²) in [6, 6.07) is 0. The van der Waals surface area contributed by atoms with Crippen molar-refractivity contribution in [3.63, 3.8) is 0 Å². The number of halogens is 1. The Kier molecular flexibility index (Phi) is 3.63. The summed E-state index contributed by atoms with van der Waals surface area (Å²) >= 11 is 3.61. The number of alkyl halides is 1. The maximum Gasteiger partial charge on any atom is 0.269 e. The van der Waals surface area contributed by atoms with Crippen LogP contribution in [0.25, 0.3) is 0 Å². The van der Waals surface area contributed by atoms with Crippen molar-refractivity contribution in [3.05, 3.63) is 18.2 Å². The molecule has 0 spiro atoms. The van der Waals surface area contributed by atoms with Gasteiger partial charge in [0.1, 0.15) is 5.69 Å². The van der Waals surface area contributed by atoms with Gasteiger partial charge in [-0.05, 0) is 25.2 Å². The quantitative estimate of drug-likeness (QED) is 0.860. The lowest BCUT2D eigenvalue weighted by Crippen LogP contribution is -2.29. The number of carbonyl (C=O) groups excluding carboxylic acids is 1. The average Bonchev–Trinajstić information content (AvgIpc) is 2.84. The SMILES string of the molecule is Cn1cncc1C(=O)NCC1CCC(Br)C1. The molecule has 0 aliphatic heterocycles. The second-order valence-electron chi connectivity index (χ2n) is 4.38. The van der Waals surface area contributed by atoms with Crippen LogP contribution in [-0.2, 0) is 7.05 Å². The molecule has 1 N–H and O–H groups in total. The van der Waals surface area contributed by atoms with Crippen LogP contribution in [0, 0.1) is 5.92 Å². The van der Waals surface area contributed by atoms with E-state index in [1.54, 1.807) is 17.1 Å². The van der Waals surface area contributed by atoms with Gasteiger partial charge < -0.3 is 9.88 Å². The van der Waals surface area contributed by atoms with E-state index in [4.69, 9.17) is 0 Å². The molecule has 0 aromatic carbocycles. The van der Waals surface area contributed by atoms with Crippen LogP contribution >= 0.6 is 15.9 Å². The normalized spacial score (nSPS) is 24.6. The van der Waals surface area contributed by atoms with Crippen molar-refractivity contribution in [2.24, 2.45) is 13.0 Å². The topological polar surface area (TPSA) is 46.9 Å². The van der Waals surface area contributed by atoms with Crippen LogP contribution in [-0.4, -0.2) is 26.8 Å². The second kappa shape index (κ2) is 4.99. The maximum absolute atomic E-state index is 11.8. The molecule has 2 rings (SSSR count). The first-order valence-electron chi connectivity index (χ1n) is 5.55. The monoisotopic (exact) mass is 285 g/mol. The third kappa shape index (κ3) is 2.64. The van der Waals surface area contributed by atoms with E-state index in [2.05, 4.69) is 26.2 Å². The summed E-state index contributed by atoms with van der Waals surface area (Å²) in [5, 5.41) is 2.97. The highest BCUT2D eigenvalue weighted by Gasteiger charge is 2.23. The number of aryl methyl sites for hydroxylation is 1. The molecule has 5 heteroatoms. The molecular formula is C11H16BrN3O. The van der Waals surface area contributed by atoms with Gasteiger partial charge in [0.05, 0.1) is 12.5 Å². The number of imidazole rings is 1. The Morgan fingerprint density at radius 2 is 2.50 bits per heavy atom. The fourth-order valence-electron chi connectivity index (χ4n) is 2.10. The molecule has 1 aromatic heterocycles. The van der Waals surface area contributed by atoms with E-state index in [1.807, 2.05) is 7.05 Å². The van der Waals surface area contributed by atoms with Gasteiger partial charge in [-0.25, -0.2) is 4.98 Å². The zero-order valence-corrected chi connectivity index (χ0v) is 10.9. The minimum atomic E-state index is -0.0296. The molecule has 0 saturated heterocycles. The second-order valence-corrected chi connectivity index (χ2v) is 5.67. The van der Waals surface area contributed by atoms with E-state index in [0.717, 1.165) is 13.0 Å². The highest BCUT2D eigenvalue weighted by Crippen LogP contribution is 2.29. The first-order valence-corrected chi connectivity index (χ1v) is 6.47. The smallest absolute Gasteiger partial charge is 0.269 e. The summed E-state index contributed by atoms with van der Waals surface area (Å²) < 4.78 is 1.73. The minimum Gasteiger partial charge on any atom is -0.350 e. The van der Waals surface area contributed by atoms with Gasteiger partial charge in [0.25, 0.3) is 5.91 Å².